The standard InChI is InChI=1S/C13H16N2O2/c1-11(16)7-9-14-10-8-13(17)15(14)12-5-3-2-4-6-12/h2-6H,7-10H2,1H3. The van der Waals surface area contributed by atoms with Gasteiger partial charge in [-0.3, -0.25) is 9.59 Å². The van der Waals surface area contributed by atoms with E-state index in [1.807, 2.05) is 35.3 Å². The van der Waals surface area contributed by atoms with Crippen LogP contribution in [-0.2, 0) is 9.59 Å². The second-order valence-corrected chi connectivity index (χ2v) is 4.20. The molecule has 0 atom stereocenters. The highest BCUT2D eigenvalue weighted by atomic mass is 16.2. The van der Waals surface area contributed by atoms with Gasteiger partial charge in [0.1, 0.15) is 5.78 Å². The fourth-order valence-corrected chi connectivity index (χ4v) is 1.96. The number of carbonyl (C=O) groups excluding carboxylic acids is 2. The maximum absolute atomic E-state index is 11.8. The minimum absolute atomic E-state index is 0.0970. The summed E-state index contributed by atoms with van der Waals surface area (Å²) < 4.78 is 0. The molecule has 1 amide bonds. The van der Waals surface area contributed by atoms with E-state index >= 15 is 0 Å². The molecule has 1 aliphatic heterocycles. The van der Waals surface area contributed by atoms with Crippen LogP contribution in [-0.4, -0.2) is 29.8 Å². The van der Waals surface area contributed by atoms with Crippen LogP contribution in [0.5, 0.6) is 0 Å². The fourth-order valence-electron chi connectivity index (χ4n) is 1.96. The first-order valence-corrected chi connectivity index (χ1v) is 5.81. The summed E-state index contributed by atoms with van der Waals surface area (Å²) in [6.07, 6.45) is 1.00. The minimum Gasteiger partial charge on any atom is -0.300 e. The van der Waals surface area contributed by atoms with Crippen molar-refractivity contribution < 1.29 is 9.59 Å². The van der Waals surface area contributed by atoms with E-state index in [2.05, 4.69) is 0 Å². The Bertz CT molecular complexity index is 417. The number of amides is 1. The van der Waals surface area contributed by atoms with Gasteiger partial charge in [-0.2, -0.15) is 0 Å². The molecule has 4 nitrogen and oxygen atoms in total. The first kappa shape index (κ1) is 11.8. The number of benzene rings is 1. The summed E-state index contributed by atoms with van der Waals surface area (Å²) in [5.74, 6) is 0.247. The number of rotatable bonds is 4. The molecule has 0 radical (unpaired) electrons. The van der Waals surface area contributed by atoms with E-state index in [0.29, 0.717) is 25.9 Å². The summed E-state index contributed by atoms with van der Waals surface area (Å²) in [7, 11) is 0. The number of para-hydroxylation sites is 1. The second-order valence-electron chi connectivity index (χ2n) is 4.20. The Labute approximate surface area is 101 Å². The molecule has 0 unspecified atom stereocenters. The molecule has 90 valence electrons. The predicted octanol–water partition coefficient (Wildman–Crippen LogP) is 1.62. The van der Waals surface area contributed by atoms with Gasteiger partial charge in [0.05, 0.1) is 5.69 Å². The summed E-state index contributed by atoms with van der Waals surface area (Å²) in [5.41, 5.74) is 0.874. The third kappa shape index (κ3) is 2.71. The molecule has 0 bridgehead atoms. The molecule has 0 aromatic heterocycles. The van der Waals surface area contributed by atoms with E-state index in [-0.39, 0.29) is 11.7 Å². The molecule has 1 fully saturated rings. The summed E-state index contributed by atoms with van der Waals surface area (Å²) in [5, 5.41) is 3.63. The van der Waals surface area contributed by atoms with Crippen LogP contribution in [0.15, 0.2) is 30.3 Å². The highest BCUT2D eigenvalue weighted by molar-refractivity contribution is 5.94. The summed E-state index contributed by atoms with van der Waals surface area (Å²) in [4.78, 5) is 22.8. The molecule has 0 spiro atoms. The van der Waals surface area contributed by atoms with Crippen LogP contribution < -0.4 is 5.01 Å². The maximum atomic E-state index is 11.8. The zero-order valence-electron chi connectivity index (χ0n) is 9.93. The lowest BCUT2D eigenvalue weighted by atomic mass is 10.3. The first-order chi connectivity index (χ1) is 8.18. The van der Waals surface area contributed by atoms with Gasteiger partial charge in [-0.05, 0) is 19.1 Å². The Morgan fingerprint density at radius 1 is 1.29 bits per heavy atom. The van der Waals surface area contributed by atoms with E-state index in [4.69, 9.17) is 0 Å². The maximum Gasteiger partial charge on any atom is 0.242 e. The van der Waals surface area contributed by atoms with Crippen molar-refractivity contribution in [1.82, 2.24) is 5.01 Å². The number of nitrogens with zero attached hydrogens (tertiary/aromatic N) is 2. The van der Waals surface area contributed by atoms with Crippen LogP contribution in [0.3, 0.4) is 0 Å². The molecule has 1 heterocycles. The van der Waals surface area contributed by atoms with Crippen molar-refractivity contribution in [2.75, 3.05) is 18.1 Å². The third-order valence-corrected chi connectivity index (χ3v) is 2.83. The van der Waals surface area contributed by atoms with E-state index < -0.39 is 0 Å². The van der Waals surface area contributed by atoms with E-state index in [9.17, 15) is 9.59 Å². The van der Waals surface area contributed by atoms with Gasteiger partial charge < -0.3 is 0 Å². The van der Waals surface area contributed by atoms with Gasteiger partial charge in [-0.15, -0.1) is 0 Å². The van der Waals surface area contributed by atoms with Crippen LogP contribution >= 0.6 is 0 Å². The number of ketones is 1. The molecular weight excluding hydrogens is 216 g/mol. The Kier molecular flexibility index (Phi) is 3.54. The largest absolute Gasteiger partial charge is 0.300 e. The SMILES string of the molecule is CC(=O)CCN1CCC(=O)N1c1ccccc1. The van der Waals surface area contributed by atoms with Crippen LogP contribution in [0.25, 0.3) is 0 Å². The summed E-state index contributed by atoms with van der Waals surface area (Å²) in [6, 6.07) is 9.55. The second kappa shape index (κ2) is 5.10. The van der Waals surface area contributed by atoms with Crippen LogP contribution in [0.2, 0.25) is 0 Å². The average molecular weight is 232 g/mol. The molecular formula is C13H16N2O2. The van der Waals surface area contributed by atoms with Gasteiger partial charge in [0.2, 0.25) is 5.91 Å². The van der Waals surface area contributed by atoms with Gasteiger partial charge in [0.15, 0.2) is 0 Å². The number of carbonyl (C=O) groups is 2. The molecule has 1 saturated heterocycles. The minimum atomic E-state index is 0.0970. The lowest BCUT2D eigenvalue weighted by molar-refractivity contribution is -0.119. The molecule has 0 N–H and O–H groups in total. The van der Waals surface area contributed by atoms with Crippen molar-refractivity contribution in [3.63, 3.8) is 0 Å². The van der Waals surface area contributed by atoms with Gasteiger partial charge in [-0.1, -0.05) is 18.2 Å². The highest BCUT2D eigenvalue weighted by Gasteiger charge is 2.29. The molecule has 17 heavy (non-hydrogen) atoms. The van der Waals surface area contributed by atoms with Crippen molar-refractivity contribution in [2.24, 2.45) is 0 Å². The molecule has 1 aromatic carbocycles. The van der Waals surface area contributed by atoms with Crippen molar-refractivity contribution in [3.05, 3.63) is 30.3 Å². The normalized spacial score (nSPS) is 16.5. The molecule has 0 aliphatic carbocycles. The average Bonchev–Trinajstić information content (AvgIpc) is 2.69. The van der Waals surface area contributed by atoms with E-state index in [1.54, 1.807) is 11.9 Å². The summed E-state index contributed by atoms with van der Waals surface area (Å²) >= 11 is 0. The van der Waals surface area contributed by atoms with Crippen LogP contribution in [0.4, 0.5) is 5.69 Å². The van der Waals surface area contributed by atoms with Crippen molar-refractivity contribution in [3.8, 4) is 0 Å². The zero-order chi connectivity index (χ0) is 12.3. The van der Waals surface area contributed by atoms with Crippen molar-refractivity contribution in [2.45, 2.75) is 19.8 Å². The van der Waals surface area contributed by atoms with Crippen LogP contribution in [0.1, 0.15) is 19.8 Å². The Balaban J connectivity index is 2.12. The number of hydrogen-bond donors (Lipinski definition) is 0. The zero-order valence-corrected chi connectivity index (χ0v) is 9.93. The van der Waals surface area contributed by atoms with E-state index in [1.165, 1.54) is 0 Å². The molecule has 0 saturated carbocycles. The third-order valence-electron chi connectivity index (χ3n) is 2.83. The topological polar surface area (TPSA) is 40.6 Å². The lowest BCUT2D eigenvalue weighted by Gasteiger charge is -2.27. The first-order valence-electron chi connectivity index (χ1n) is 5.81. The number of anilines is 1. The quantitative estimate of drug-likeness (QED) is 0.792. The van der Waals surface area contributed by atoms with Gasteiger partial charge >= 0.3 is 0 Å². The lowest BCUT2D eigenvalue weighted by Crippen LogP contribution is -2.40. The van der Waals surface area contributed by atoms with Crippen molar-refractivity contribution in [1.29, 1.82) is 0 Å². The smallest absolute Gasteiger partial charge is 0.242 e. The fraction of sp³-hybridized carbons (Fsp3) is 0.385. The van der Waals surface area contributed by atoms with Gasteiger partial charge in [-0.25, -0.2) is 10.0 Å². The molecule has 4 heteroatoms. The van der Waals surface area contributed by atoms with E-state index in [0.717, 1.165) is 5.69 Å². The van der Waals surface area contributed by atoms with Crippen molar-refractivity contribution >= 4 is 17.4 Å². The molecule has 1 aromatic rings. The summed E-state index contributed by atoms with van der Waals surface area (Å²) in [6.45, 7) is 2.88. The number of hydrazine groups is 1. The number of hydrogen-bond acceptors (Lipinski definition) is 3. The highest BCUT2D eigenvalue weighted by Crippen LogP contribution is 2.22. The number of Topliss-reactive ketones (excluding diaryl/α,β-unsaturated/α-hetero) is 1. The Morgan fingerprint density at radius 3 is 2.65 bits per heavy atom. The Morgan fingerprint density at radius 2 is 2.00 bits per heavy atom. The molecule has 1 aliphatic rings. The van der Waals surface area contributed by atoms with Gasteiger partial charge in [0, 0.05) is 25.9 Å². The monoisotopic (exact) mass is 232 g/mol. The molecule has 2 rings (SSSR count). The van der Waals surface area contributed by atoms with Gasteiger partial charge in [0.25, 0.3) is 0 Å². The Hall–Kier alpha value is -1.68. The van der Waals surface area contributed by atoms with Crippen LogP contribution in [0, 0.1) is 0 Å². The predicted molar refractivity (Wildman–Crippen MR) is 65.4 cm³/mol.